The van der Waals surface area contributed by atoms with Gasteiger partial charge in [0.05, 0.1) is 22.9 Å². The SMILES string of the molecule is CC(=O)c1cc(-c2cnc(N3CCC(O)CC3)nc2[C@@H](CC(=O)Cn2nc(C(F)F)c3c2C(F)(F)CCC3(F)F)Cc2cc(F)cc(F)c2)ccc1F. The molecule has 1 atom stereocenters. The van der Waals surface area contributed by atoms with E-state index in [0.29, 0.717) is 32.0 Å². The van der Waals surface area contributed by atoms with Crippen molar-refractivity contribution in [3.8, 4) is 11.1 Å². The van der Waals surface area contributed by atoms with Crippen LogP contribution in [0.5, 0.6) is 0 Å². The number of hydrogen-bond acceptors (Lipinski definition) is 7. The molecule has 0 saturated carbocycles. The van der Waals surface area contributed by atoms with Crippen molar-refractivity contribution in [2.45, 2.75) is 82.3 Å². The van der Waals surface area contributed by atoms with Crippen LogP contribution < -0.4 is 4.90 Å². The highest BCUT2D eigenvalue weighted by Crippen LogP contribution is 2.52. The van der Waals surface area contributed by atoms with Gasteiger partial charge in [-0.05, 0) is 61.6 Å². The second kappa shape index (κ2) is 14.6. The quantitative estimate of drug-likeness (QED) is 0.123. The molecule has 17 heteroatoms. The fourth-order valence-electron chi connectivity index (χ4n) is 6.92. The van der Waals surface area contributed by atoms with E-state index in [1.54, 1.807) is 4.90 Å². The number of benzene rings is 2. The lowest BCUT2D eigenvalue weighted by Gasteiger charge is -2.31. The van der Waals surface area contributed by atoms with Gasteiger partial charge in [0.15, 0.2) is 11.6 Å². The Hall–Kier alpha value is -4.80. The summed E-state index contributed by atoms with van der Waals surface area (Å²) in [6, 6.07) is 6.15. The van der Waals surface area contributed by atoms with Gasteiger partial charge < -0.3 is 10.0 Å². The van der Waals surface area contributed by atoms with Crippen LogP contribution in [0.2, 0.25) is 0 Å². The van der Waals surface area contributed by atoms with Gasteiger partial charge in [-0.15, -0.1) is 0 Å². The summed E-state index contributed by atoms with van der Waals surface area (Å²) in [7, 11) is 0. The molecule has 3 heterocycles. The highest BCUT2D eigenvalue weighted by molar-refractivity contribution is 5.95. The van der Waals surface area contributed by atoms with Gasteiger partial charge in [0.2, 0.25) is 5.95 Å². The second-order valence-corrected chi connectivity index (χ2v) is 13.3. The molecule has 2 aromatic carbocycles. The molecule has 53 heavy (non-hydrogen) atoms. The Morgan fingerprint density at radius 1 is 0.943 bits per heavy atom. The van der Waals surface area contributed by atoms with Gasteiger partial charge in [0.1, 0.15) is 35.4 Å². The van der Waals surface area contributed by atoms with E-state index in [1.165, 1.54) is 18.3 Å². The van der Waals surface area contributed by atoms with Gasteiger partial charge in [-0.2, -0.15) is 13.9 Å². The average molecular weight is 754 g/mol. The van der Waals surface area contributed by atoms with Crippen LogP contribution in [-0.2, 0) is 29.6 Å². The summed E-state index contributed by atoms with van der Waals surface area (Å²) in [6.07, 6.45) is -5.96. The Kier molecular flexibility index (Phi) is 10.4. The average Bonchev–Trinajstić information content (AvgIpc) is 3.48. The lowest BCUT2D eigenvalue weighted by atomic mass is 9.86. The van der Waals surface area contributed by atoms with Crippen molar-refractivity contribution in [2.24, 2.45) is 0 Å². The molecule has 0 unspecified atom stereocenters. The molecule has 1 N–H and O–H groups in total. The summed E-state index contributed by atoms with van der Waals surface area (Å²) in [5, 5.41) is 13.4. The van der Waals surface area contributed by atoms with Gasteiger partial charge in [-0.25, -0.2) is 40.7 Å². The number of ketones is 2. The number of anilines is 1. The molecule has 0 amide bonds. The van der Waals surface area contributed by atoms with Crippen molar-refractivity contribution in [1.29, 1.82) is 0 Å². The van der Waals surface area contributed by atoms with Crippen molar-refractivity contribution >= 4 is 17.5 Å². The van der Waals surface area contributed by atoms with Gasteiger partial charge in [0, 0.05) is 56.1 Å². The first-order chi connectivity index (χ1) is 24.9. The maximum atomic E-state index is 15.1. The molecule has 1 fully saturated rings. The molecule has 1 aliphatic carbocycles. The van der Waals surface area contributed by atoms with Crippen molar-refractivity contribution in [2.75, 3.05) is 18.0 Å². The third-order valence-corrected chi connectivity index (χ3v) is 9.45. The number of Topliss-reactive ketones (excluding diaryl/α,β-unsaturated/α-hetero) is 2. The van der Waals surface area contributed by atoms with E-state index in [0.717, 1.165) is 25.1 Å². The van der Waals surface area contributed by atoms with Crippen molar-refractivity contribution < 1.29 is 54.2 Å². The number of carbonyl (C=O) groups is 2. The lowest BCUT2D eigenvalue weighted by Crippen LogP contribution is -2.37. The van der Waals surface area contributed by atoms with Gasteiger partial charge in [-0.3, -0.25) is 14.3 Å². The molecule has 8 nitrogen and oxygen atoms in total. The van der Waals surface area contributed by atoms with Crippen LogP contribution in [-0.4, -0.2) is 55.6 Å². The molecular formula is C36H32F9N5O3. The van der Waals surface area contributed by atoms with E-state index >= 15 is 8.78 Å². The van der Waals surface area contributed by atoms with E-state index in [1.807, 2.05) is 0 Å². The molecule has 6 rings (SSSR count). The monoisotopic (exact) mass is 753 g/mol. The van der Waals surface area contributed by atoms with Crippen LogP contribution in [0.4, 0.5) is 45.5 Å². The maximum Gasteiger partial charge on any atom is 0.290 e. The van der Waals surface area contributed by atoms with E-state index in [9.17, 15) is 45.4 Å². The zero-order chi connectivity index (χ0) is 38.4. The van der Waals surface area contributed by atoms with Gasteiger partial charge >= 0.3 is 0 Å². The fraction of sp³-hybridized carbons (Fsp3) is 0.417. The minimum absolute atomic E-state index is 0.0265. The highest BCUT2D eigenvalue weighted by Gasteiger charge is 2.55. The minimum atomic E-state index is -4.07. The summed E-state index contributed by atoms with van der Waals surface area (Å²) in [4.78, 5) is 36.9. The zero-order valence-corrected chi connectivity index (χ0v) is 28.0. The summed E-state index contributed by atoms with van der Waals surface area (Å²) in [5.41, 5.74) is -4.55. The molecule has 0 bridgehead atoms. The number of alkyl halides is 6. The third-order valence-electron chi connectivity index (χ3n) is 9.45. The fourth-order valence-corrected chi connectivity index (χ4v) is 6.92. The number of fused-ring (bicyclic) bond motifs is 1. The highest BCUT2D eigenvalue weighted by atomic mass is 19.3. The number of aromatic nitrogens is 4. The molecule has 2 aromatic heterocycles. The van der Waals surface area contributed by atoms with Crippen LogP contribution in [0.3, 0.4) is 0 Å². The first-order valence-electron chi connectivity index (χ1n) is 16.7. The van der Waals surface area contributed by atoms with Crippen molar-refractivity contribution in [3.05, 3.63) is 93.8 Å². The number of rotatable bonds is 11. The predicted molar refractivity (Wildman–Crippen MR) is 172 cm³/mol. The molecule has 0 radical (unpaired) electrons. The van der Waals surface area contributed by atoms with Crippen molar-refractivity contribution in [1.82, 2.24) is 19.7 Å². The second-order valence-electron chi connectivity index (χ2n) is 13.3. The summed E-state index contributed by atoms with van der Waals surface area (Å²) < 4.78 is 131. The zero-order valence-electron chi connectivity index (χ0n) is 28.0. The molecule has 1 saturated heterocycles. The number of hydrogen-bond donors (Lipinski definition) is 1. The predicted octanol–water partition coefficient (Wildman–Crippen LogP) is 7.82. The number of halogens is 9. The normalized spacial score (nSPS) is 17.5. The number of piperidine rings is 1. The first kappa shape index (κ1) is 37.9. The van der Waals surface area contributed by atoms with Gasteiger partial charge in [-0.1, -0.05) is 6.07 Å². The van der Waals surface area contributed by atoms with Crippen LogP contribution in [0, 0.1) is 17.5 Å². The van der Waals surface area contributed by atoms with E-state index < -0.39 is 102 Å². The standard InChI is InChI=1S/C36H32F9N5O3/c1-18(51)26-14-20(2-3-28(26)39)27-16-46-34(49-8-4-24(52)5-9-49)47-30(27)21(10-19-11-22(37)15-23(38)12-19)13-25(53)17-50-32-29(31(48-50)33(40)41)35(42,43)6-7-36(32,44)45/h2-3,11-12,14-16,21,24,33,52H,4-10,13,17H2,1H3/t21-/m1/s1. The smallest absolute Gasteiger partial charge is 0.290 e. The van der Waals surface area contributed by atoms with E-state index in [4.69, 9.17) is 4.98 Å². The summed E-state index contributed by atoms with van der Waals surface area (Å²) >= 11 is 0. The van der Waals surface area contributed by atoms with Crippen LogP contribution in [0.15, 0.2) is 42.6 Å². The minimum Gasteiger partial charge on any atom is -0.393 e. The van der Waals surface area contributed by atoms with Crippen LogP contribution >= 0.6 is 0 Å². The first-order valence-corrected chi connectivity index (χ1v) is 16.7. The Morgan fingerprint density at radius 3 is 2.25 bits per heavy atom. The van der Waals surface area contributed by atoms with Crippen molar-refractivity contribution in [3.63, 3.8) is 0 Å². The van der Waals surface area contributed by atoms with E-state index in [-0.39, 0.29) is 45.0 Å². The molecule has 2 aliphatic rings. The summed E-state index contributed by atoms with van der Waals surface area (Å²) in [6.45, 7) is 0.635. The number of nitrogens with zero attached hydrogens (tertiary/aromatic N) is 5. The Labute approximate surface area is 296 Å². The Bertz CT molecular complexity index is 2030. The Morgan fingerprint density at radius 2 is 1.60 bits per heavy atom. The van der Waals surface area contributed by atoms with Crippen LogP contribution in [0.1, 0.15) is 89.9 Å². The van der Waals surface area contributed by atoms with E-state index in [2.05, 4.69) is 10.1 Å². The largest absolute Gasteiger partial charge is 0.393 e. The maximum absolute atomic E-state index is 15.1. The topological polar surface area (TPSA) is 101 Å². The lowest BCUT2D eigenvalue weighted by molar-refractivity contribution is -0.121. The molecule has 1 aliphatic heterocycles. The number of aliphatic hydroxyl groups excluding tert-OH is 1. The van der Waals surface area contributed by atoms with Crippen LogP contribution in [0.25, 0.3) is 11.1 Å². The molecule has 0 spiro atoms. The van der Waals surface area contributed by atoms with Gasteiger partial charge in [0.25, 0.3) is 18.3 Å². The number of aliphatic hydroxyl groups is 1. The molecular weight excluding hydrogens is 721 g/mol. The molecule has 282 valence electrons. The Balaban J connectivity index is 1.47. The summed E-state index contributed by atoms with van der Waals surface area (Å²) in [5.74, 6) is -13.5. The molecule has 4 aromatic rings. The third kappa shape index (κ3) is 7.94. The number of carbonyl (C=O) groups excluding carboxylic acids is 2.